The zero-order valence-electron chi connectivity index (χ0n) is 16.7. The first kappa shape index (κ1) is 19.5. The van der Waals surface area contributed by atoms with E-state index in [1.807, 2.05) is 91.0 Å². The molecule has 0 saturated carbocycles. The van der Waals surface area contributed by atoms with Gasteiger partial charge in [-0.05, 0) is 41.5 Å². The van der Waals surface area contributed by atoms with Gasteiger partial charge in [0.25, 0.3) is 0 Å². The number of nitrogens with zero attached hydrogens (tertiary/aromatic N) is 2. The van der Waals surface area contributed by atoms with Gasteiger partial charge in [0.2, 0.25) is 11.8 Å². The van der Waals surface area contributed by atoms with Crippen LogP contribution in [-0.2, 0) is 9.59 Å². The predicted molar refractivity (Wildman–Crippen MR) is 119 cm³/mol. The summed E-state index contributed by atoms with van der Waals surface area (Å²) in [6.07, 6.45) is 3.82. The van der Waals surface area contributed by atoms with E-state index in [4.69, 9.17) is 0 Å². The molecule has 1 N–H and O–H groups in total. The van der Waals surface area contributed by atoms with Crippen LogP contribution in [0.4, 0.5) is 11.4 Å². The second kappa shape index (κ2) is 8.66. The van der Waals surface area contributed by atoms with Crippen molar-refractivity contribution in [1.82, 2.24) is 10.3 Å². The van der Waals surface area contributed by atoms with Crippen LogP contribution in [0.15, 0.2) is 91.1 Å². The summed E-state index contributed by atoms with van der Waals surface area (Å²) in [4.78, 5) is 27.0. The number of hydrogen-bond donors (Lipinski definition) is 1. The van der Waals surface area contributed by atoms with Gasteiger partial charge in [-0.1, -0.05) is 60.7 Å². The van der Waals surface area contributed by atoms with Crippen LogP contribution in [0, 0.1) is 0 Å². The molecule has 1 aliphatic rings. The average molecular weight is 397 g/mol. The summed E-state index contributed by atoms with van der Waals surface area (Å²) in [6, 6.07) is 26.8. The number of hydrogen-bond acceptors (Lipinski definition) is 3. The molecular weight excluding hydrogens is 374 g/mol. The van der Waals surface area contributed by atoms with Crippen LogP contribution >= 0.6 is 0 Å². The minimum Gasteiger partial charge on any atom is -0.311 e. The van der Waals surface area contributed by atoms with E-state index in [1.54, 1.807) is 16.1 Å². The molecular formula is C25H23N3O2. The van der Waals surface area contributed by atoms with E-state index < -0.39 is 0 Å². The Morgan fingerprint density at radius 3 is 2.03 bits per heavy atom. The molecule has 4 rings (SSSR count). The molecule has 0 fully saturated rings. The topological polar surface area (TPSA) is 52.7 Å². The summed E-state index contributed by atoms with van der Waals surface area (Å²) in [5, 5.41) is 1.77. The van der Waals surface area contributed by atoms with Crippen molar-refractivity contribution in [3.8, 4) is 0 Å². The van der Waals surface area contributed by atoms with Crippen LogP contribution in [0.25, 0.3) is 6.08 Å². The maximum absolute atomic E-state index is 13.1. The average Bonchev–Trinajstić information content (AvgIpc) is 2.78. The maximum Gasteiger partial charge on any atom is 0.241 e. The minimum atomic E-state index is -0.350. The van der Waals surface area contributed by atoms with E-state index in [9.17, 15) is 9.59 Å². The lowest BCUT2D eigenvalue weighted by atomic mass is 9.93. The number of rotatable bonds is 5. The fraction of sp³-hybridized carbons (Fsp3) is 0.120. The summed E-state index contributed by atoms with van der Waals surface area (Å²) >= 11 is 0. The SMILES string of the molecule is CC(=O)N1C=Cc2ccccc2[C@@H]1CC(=O)NN(c1ccccc1)c1ccccc1. The van der Waals surface area contributed by atoms with Crippen molar-refractivity contribution in [3.63, 3.8) is 0 Å². The predicted octanol–water partition coefficient (Wildman–Crippen LogP) is 4.82. The number of nitrogens with one attached hydrogen (secondary N) is 1. The van der Waals surface area contributed by atoms with E-state index >= 15 is 0 Å². The molecule has 3 aromatic rings. The molecule has 3 aromatic carbocycles. The summed E-state index contributed by atoms with van der Waals surface area (Å²) in [5.41, 5.74) is 6.71. The molecule has 0 aromatic heterocycles. The quantitative estimate of drug-likeness (QED) is 0.628. The molecule has 1 atom stereocenters. The van der Waals surface area contributed by atoms with Crippen LogP contribution < -0.4 is 10.4 Å². The van der Waals surface area contributed by atoms with E-state index in [0.29, 0.717) is 0 Å². The first-order valence-electron chi connectivity index (χ1n) is 9.89. The van der Waals surface area contributed by atoms with Crippen molar-refractivity contribution in [1.29, 1.82) is 0 Å². The van der Waals surface area contributed by atoms with Crippen LogP contribution in [-0.4, -0.2) is 16.7 Å². The third kappa shape index (κ3) is 4.10. The molecule has 0 bridgehead atoms. The third-order valence-corrected chi connectivity index (χ3v) is 5.11. The number of amides is 2. The summed E-state index contributed by atoms with van der Waals surface area (Å²) in [6.45, 7) is 1.52. The van der Waals surface area contributed by atoms with Gasteiger partial charge < -0.3 is 4.90 Å². The fourth-order valence-electron chi connectivity index (χ4n) is 3.69. The number of fused-ring (bicyclic) bond motifs is 1. The lowest BCUT2D eigenvalue weighted by molar-refractivity contribution is -0.129. The molecule has 0 aliphatic carbocycles. The van der Waals surface area contributed by atoms with Crippen molar-refractivity contribution in [2.75, 3.05) is 5.01 Å². The lowest BCUT2D eigenvalue weighted by Gasteiger charge is -2.33. The number of para-hydroxylation sites is 2. The van der Waals surface area contributed by atoms with Gasteiger partial charge in [0, 0.05) is 13.1 Å². The Kier molecular flexibility index (Phi) is 5.61. The summed E-state index contributed by atoms with van der Waals surface area (Å²) in [7, 11) is 0. The summed E-state index contributed by atoms with van der Waals surface area (Å²) < 4.78 is 0. The van der Waals surface area contributed by atoms with Gasteiger partial charge in [0.05, 0.1) is 23.8 Å². The molecule has 0 unspecified atom stereocenters. The van der Waals surface area contributed by atoms with Crippen LogP contribution in [0.3, 0.4) is 0 Å². The van der Waals surface area contributed by atoms with Gasteiger partial charge in [0.15, 0.2) is 0 Å². The highest BCUT2D eigenvalue weighted by Gasteiger charge is 2.28. The fourth-order valence-corrected chi connectivity index (χ4v) is 3.69. The maximum atomic E-state index is 13.1. The Morgan fingerprint density at radius 1 is 0.867 bits per heavy atom. The number of anilines is 2. The normalized spacial score (nSPS) is 14.7. The van der Waals surface area contributed by atoms with Crippen molar-refractivity contribution >= 4 is 29.3 Å². The highest BCUT2D eigenvalue weighted by Crippen LogP contribution is 2.33. The number of carbonyl (C=O) groups is 2. The van der Waals surface area contributed by atoms with Gasteiger partial charge in [-0.15, -0.1) is 0 Å². The Morgan fingerprint density at radius 2 is 1.43 bits per heavy atom. The molecule has 0 saturated heterocycles. The number of carbonyl (C=O) groups excluding carboxylic acids is 2. The Labute approximate surface area is 176 Å². The monoisotopic (exact) mass is 397 g/mol. The van der Waals surface area contributed by atoms with E-state index in [0.717, 1.165) is 22.5 Å². The molecule has 0 spiro atoms. The zero-order valence-corrected chi connectivity index (χ0v) is 16.7. The molecule has 150 valence electrons. The molecule has 1 aliphatic heterocycles. The minimum absolute atomic E-state index is 0.0958. The second-order valence-electron chi connectivity index (χ2n) is 7.13. The largest absolute Gasteiger partial charge is 0.311 e. The zero-order chi connectivity index (χ0) is 20.9. The Balaban J connectivity index is 1.60. The third-order valence-electron chi connectivity index (χ3n) is 5.11. The van der Waals surface area contributed by atoms with E-state index in [2.05, 4.69) is 5.43 Å². The lowest BCUT2D eigenvalue weighted by Crippen LogP contribution is -2.41. The molecule has 5 nitrogen and oxygen atoms in total. The molecule has 0 radical (unpaired) electrons. The molecule has 1 heterocycles. The van der Waals surface area contributed by atoms with Gasteiger partial charge in [-0.2, -0.15) is 0 Å². The highest BCUT2D eigenvalue weighted by molar-refractivity contribution is 5.84. The van der Waals surface area contributed by atoms with Gasteiger partial charge in [-0.3, -0.25) is 20.0 Å². The molecule has 5 heteroatoms. The van der Waals surface area contributed by atoms with E-state index in [1.165, 1.54) is 6.92 Å². The van der Waals surface area contributed by atoms with Crippen LogP contribution in [0.5, 0.6) is 0 Å². The van der Waals surface area contributed by atoms with E-state index in [-0.39, 0.29) is 24.3 Å². The smallest absolute Gasteiger partial charge is 0.241 e. The number of hydrazine groups is 1. The Hall–Kier alpha value is -3.86. The highest BCUT2D eigenvalue weighted by atomic mass is 16.2. The van der Waals surface area contributed by atoms with Crippen molar-refractivity contribution in [2.24, 2.45) is 0 Å². The second-order valence-corrected chi connectivity index (χ2v) is 7.13. The van der Waals surface area contributed by atoms with Crippen LogP contribution in [0.2, 0.25) is 0 Å². The summed E-state index contributed by atoms with van der Waals surface area (Å²) in [5.74, 6) is -0.273. The Bertz CT molecular complexity index is 1020. The van der Waals surface area contributed by atoms with Crippen LogP contribution in [0.1, 0.15) is 30.5 Å². The molecule has 30 heavy (non-hydrogen) atoms. The van der Waals surface area contributed by atoms with Gasteiger partial charge >= 0.3 is 0 Å². The van der Waals surface area contributed by atoms with Crippen molar-refractivity contribution in [2.45, 2.75) is 19.4 Å². The standard InChI is InChI=1S/C25H23N3O2/c1-19(29)27-17-16-20-10-8-9-15-23(20)24(27)18-25(30)26-28(21-11-4-2-5-12-21)22-13-6-3-7-14-22/h2-17,24H,18H2,1H3,(H,26,30)/t24-/m0/s1. The first-order valence-corrected chi connectivity index (χ1v) is 9.89. The first-order chi connectivity index (χ1) is 14.6. The molecule has 2 amide bonds. The van der Waals surface area contributed by atoms with Crippen molar-refractivity contribution < 1.29 is 9.59 Å². The van der Waals surface area contributed by atoms with Crippen molar-refractivity contribution in [3.05, 3.63) is 102 Å². The van der Waals surface area contributed by atoms with Gasteiger partial charge in [-0.25, -0.2) is 0 Å². The number of benzene rings is 3. The van der Waals surface area contributed by atoms with Gasteiger partial charge in [0.1, 0.15) is 0 Å².